The lowest BCUT2D eigenvalue weighted by Crippen LogP contribution is -2.27. The van der Waals surface area contributed by atoms with Crippen molar-refractivity contribution >= 4 is 40.1 Å². The van der Waals surface area contributed by atoms with E-state index in [9.17, 15) is 4.79 Å². The fourth-order valence-electron chi connectivity index (χ4n) is 1.68. The number of hydrogen-bond acceptors (Lipinski definition) is 5. The number of esters is 1. The molecule has 1 heterocycles. The Morgan fingerprint density at radius 2 is 1.95 bits per heavy atom. The molecule has 0 aliphatic rings. The first-order valence-corrected chi connectivity index (χ1v) is 6.96. The number of ether oxygens (including phenoxy) is 2. The Bertz CT molecular complexity index is 684. The quantitative estimate of drug-likeness (QED) is 0.804. The minimum absolute atomic E-state index is 0.232. The molecule has 0 N–H and O–H groups in total. The smallest absolute Gasteiger partial charge is 0.344 e. The Morgan fingerprint density at radius 3 is 2.62 bits per heavy atom. The molecule has 112 valence electrons. The third-order valence-electron chi connectivity index (χ3n) is 2.37. The van der Waals surface area contributed by atoms with Gasteiger partial charge in [-0.1, -0.05) is 23.2 Å². The number of nitrogens with zero attached hydrogens (tertiary/aromatic N) is 2. The van der Waals surface area contributed by atoms with Crippen LogP contribution < -0.4 is 4.74 Å². The van der Waals surface area contributed by atoms with Crippen molar-refractivity contribution in [3.8, 4) is 5.88 Å². The molecule has 1 aromatic carbocycles. The molecule has 7 heteroatoms. The molecule has 0 bridgehead atoms. The Balaban J connectivity index is 2.21. The number of carbonyl (C=O) groups excluding carboxylic acids is 1. The van der Waals surface area contributed by atoms with Gasteiger partial charge in [-0.2, -0.15) is 0 Å². The van der Waals surface area contributed by atoms with Crippen LogP contribution in [0, 0.1) is 0 Å². The lowest BCUT2D eigenvalue weighted by Gasteiger charge is -2.19. The third kappa shape index (κ3) is 4.19. The summed E-state index contributed by atoms with van der Waals surface area (Å²) in [6.07, 6.45) is 1.31. The van der Waals surface area contributed by atoms with Crippen molar-refractivity contribution in [2.75, 3.05) is 6.61 Å². The summed E-state index contributed by atoms with van der Waals surface area (Å²) in [5, 5.41) is 1.37. The van der Waals surface area contributed by atoms with Gasteiger partial charge in [0, 0.05) is 5.02 Å². The summed E-state index contributed by atoms with van der Waals surface area (Å²) in [4.78, 5) is 19.7. The second-order valence-electron chi connectivity index (χ2n) is 5.34. The van der Waals surface area contributed by atoms with Gasteiger partial charge in [0.2, 0.25) is 5.88 Å². The second-order valence-corrected chi connectivity index (χ2v) is 6.18. The summed E-state index contributed by atoms with van der Waals surface area (Å²) in [6, 6.07) is 3.21. The molecule has 21 heavy (non-hydrogen) atoms. The van der Waals surface area contributed by atoms with E-state index in [1.807, 2.05) is 0 Å². The van der Waals surface area contributed by atoms with Crippen molar-refractivity contribution in [1.29, 1.82) is 0 Å². The molecule has 0 aliphatic carbocycles. The normalized spacial score (nSPS) is 11.5. The fraction of sp³-hybridized carbons (Fsp3) is 0.357. The van der Waals surface area contributed by atoms with Gasteiger partial charge in [0.1, 0.15) is 11.9 Å². The van der Waals surface area contributed by atoms with Crippen LogP contribution in [0.25, 0.3) is 10.9 Å². The predicted octanol–water partition coefficient (Wildman–Crippen LogP) is 3.66. The van der Waals surface area contributed by atoms with Crippen LogP contribution in [0.2, 0.25) is 10.0 Å². The van der Waals surface area contributed by atoms with Crippen molar-refractivity contribution in [1.82, 2.24) is 9.97 Å². The average Bonchev–Trinajstić information content (AvgIpc) is 2.34. The second kappa shape index (κ2) is 6.03. The van der Waals surface area contributed by atoms with E-state index in [-0.39, 0.29) is 12.5 Å². The van der Waals surface area contributed by atoms with E-state index in [1.165, 1.54) is 6.33 Å². The molecule has 1 aromatic heterocycles. The molecule has 0 amide bonds. The molecule has 0 aliphatic heterocycles. The van der Waals surface area contributed by atoms with Crippen LogP contribution in [0.5, 0.6) is 5.88 Å². The van der Waals surface area contributed by atoms with Crippen molar-refractivity contribution in [3.05, 3.63) is 28.5 Å². The van der Waals surface area contributed by atoms with Crippen molar-refractivity contribution in [2.45, 2.75) is 26.4 Å². The molecular formula is C14H14Cl2N2O3. The molecule has 0 spiro atoms. The van der Waals surface area contributed by atoms with E-state index in [0.717, 1.165) is 0 Å². The Hall–Kier alpha value is -1.59. The Kier molecular flexibility index (Phi) is 4.54. The number of fused-ring (bicyclic) bond motifs is 1. The average molecular weight is 329 g/mol. The molecule has 0 atom stereocenters. The number of aromatic nitrogens is 2. The third-order valence-corrected chi connectivity index (χ3v) is 2.87. The standard InChI is InChI=1S/C14H14Cl2N2O3/c1-14(2,3)21-11(19)6-20-13-9-4-8(15)5-10(16)12(9)17-7-18-13/h4-5,7H,6H2,1-3H3. The molecule has 0 unspecified atom stereocenters. The summed E-state index contributed by atoms with van der Waals surface area (Å²) in [6.45, 7) is 5.09. The van der Waals surface area contributed by atoms with Gasteiger partial charge in [0.25, 0.3) is 0 Å². The molecule has 0 radical (unpaired) electrons. The van der Waals surface area contributed by atoms with E-state index in [2.05, 4.69) is 9.97 Å². The number of hydrogen-bond donors (Lipinski definition) is 0. The molecule has 5 nitrogen and oxygen atoms in total. The molecular weight excluding hydrogens is 315 g/mol. The molecule has 2 aromatic rings. The lowest BCUT2D eigenvalue weighted by atomic mass is 10.2. The van der Waals surface area contributed by atoms with Gasteiger partial charge < -0.3 is 9.47 Å². The molecule has 0 saturated heterocycles. The van der Waals surface area contributed by atoms with E-state index in [4.69, 9.17) is 32.7 Å². The van der Waals surface area contributed by atoms with Crippen molar-refractivity contribution in [3.63, 3.8) is 0 Å². The van der Waals surface area contributed by atoms with Gasteiger partial charge in [-0.3, -0.25) is 0 Å². The summed E-state index contributed by atoms with van der Waals surface area (Å²) in [5.74, 6) is -0.252. The number of rotatable bonds is 3. The minimum atomic E-state index is -0.569. The topological polar surface area (TPSA) is 61.3 Å². The lowest BCUT2D eigenvalue weighted by molar-refractivity contribution is -0.157. The molecule has 0 fully saturated rings. The maximum Gasteiger partial charge on any atom is 0.344 e. The summed E-state index contributed by atoms with van der Waals surface area (Å²) in [5.41, 5.74) is -0.0592. The van der Waals surface area contributed by atoms with Crippen molar-refractivity contribution in [2.24, 2.45) is 0 Å². The SMILES string of the molecule is CC(C)(C)OC(=O)COc1ncnc2c(Cl)cc(Cl)cc12. The highest BCUT2D eigenvalue weighted by Crippen LogP contribution is 2.30. The van der Waals surface area contributed by atoms with Crippen molar-refractivity contribution < 1.29 is 14.3 Å². The van der Waals surface area contributed by atoms with Gasteiger partial charge in [-0.15, -0.1) is 0 Å². The first kappa shape index (κ1) is 15.8. The van der Waals surface area contributed by atoms with Crippen LogP contribution in [0.15, 0.2) is 18.5 Å². The highest BCUT2D eigenvalue weighted by molar-refractivity contribution is 6.38. The zero-order valence-corrected chi connectivity index (χ0v) is 13.3. The summed E-state index contributed by atoms with van der Waals surface area (Å²) < 4.78 is 10.6. The van der Waals surface area contributed by atoms with Gasteiger partial charge in [0.15, 0.2) is 6.61 Å². The maximum atomic E-state index is 11.7. The largest absolute Gasteiger partial charge is 0.465 e. The zero-order chi connectivity index (χ0) is 15.6. The first-order valence-electron chi connectivity index (χ1n) is 6.21. The molecule has 0 saturated carbocycles. The monoisotopic (exact) mass is 328 g/mol. The van der Waals surface area contributed by atoms with Crippen LogP contribution in [0.3, 0.4) is 0 Å². The summed E-state index contributed by atoms with van der Waals surface area (Å²) >= 11 is 12.0. The number of benzene rings is 1. The zero-order valence-electron chi connectivity index (χ0n) is 11.8. The minimum Gasteiger partial charge on any atom is -0.465 e. The van der Waals surface area contributed by atoms with Gasteiger partial charge in [-0.25, -0.2) is 14.8 Å². The van der Waals surface area contributed by atoms with Gasteiger partial charge >= 0.3 is 5.97 Å². The fourth-order valence-corrected chi connectivity index (χ4v) is 2.22. The van der Waals surface area contributed by atoms with E-state index >= 15 is 0 Å². The van der Waals surface area contributed by atoms with Crippen LogP contribution in [0.1, 0.15) is 20.8 Å². The predicted molar refractivity (Wildman–Crippen MR) is 80.9 cm³/mol. The van der Waals surface area contributed by atoms with Crippen LogP contribution in [-0.2, 0) is 9.53 Å². The summed E-state index contributed by atoms with van der Waals surface area (Å²) in [7, 11) is 0. The maximum absolute atomic E-state index is 11.7. The molecule has 2 rings (SSSR count). The first-order chi connectivity index (χ1) is 9.76. The Morgan fingerprint density at radius 1 is 1.24 bits per heavy atom. The van der Waals surface area contributed by atoms with E-state index in [1.54, 1.807) is 32.9 Å². The van der Waals surface area contributed by atoms with Gasteiger partial charge in [0.05, 0.1) is 15.9 Å². The highest BCUT2D eigenvalue weighted by atomic mass is 35.5. The van der Waals surface area contributed by atoms with Crippen LogP contribution >= 0.6 is 23.2 Å². The van der Waals surface area contributed by atoms with Crippen LogP contribution in [0.4, 0.5) is 0 Å². The number of halogens is 2. The number of carbonyl (C=O) groups is 1. The highest BCUT2D eigenvalue weighted by Gasteiger charge is 2.17. The van der Waals surface area contributed by atoms with Crippen LogP contribution in [-0.4, -0.2) is 28.1 Å². The van der Waals surface area contributed by atoms with E-state index in [0.29, 0.717) is 20.9 Å². The Labute approximate surface area is 132 Å². The van der Waals surface area contributed by atoms with E-state index < -0.39 is 11.6 Å². The van der Waals surface area contributed by atoms with Gasteiger partial charge in [-0.05, 0) is 32.9 Å².